The van der Waals surface area contributed by atoms with Gasteiger partial charge in [0.05, 0.1) is 12.3 Å². The number of hydrogen-bond donors (Lipinski definition) is 2. The molecule has 2 amide bonds. The summed E-state index contributed by atoms with van der Waals surface area (Å²) in [5.41, 5.74) is 2.23. The Bertz CT molecular complexity index is 652. The van der Waals surface area contributed by atoms with E-state index in [4.69, 9.17) is 0 Å². The number of nitrogens with zero attached hydrogens (tertiary/aromatic N) is 1. The minimum atomic E-state index is -3.13. The third-order valence-corrected chi connectivity index (χ3v) is 5.56. The number of urea groups is 1. The number of piperidine rings is 1. The van der Waals surface area contributed by atoms with Crippen molar-refractivity contribution in [2.24, 2.45) is 0 Å². The van der Waals surface area contributed by atoms with E-state index < -0.39 is 10.0 Å². The van der Waals surface area contributed by atoms with Crippen molar-refractivity contribution >= 4 is 16.1 Å². The lowest BCUT2D eigenvalue weighted by atomic mass is 10.0. The Morgan fingerprint density at radius 3 is 2.43 bits per heavy atom. The van der Waals surface area contributed by atoms with Crippen LogP contribution in [0.3, 0.4) is 0 Å². The largest absolute Gasteiger partial charge is 0.335 e. The van der Waals surface area contributed by atoms with Gasteiger partial charge in [-0.3, -0.25) is 0 Å². The fraction of sp³-hybridized carbons (Fsp3) is 0.562. The zero-order valence-corrected chi connectivity index (χ0v) is 14.7. The number of benzene rings is 1. The van der Waals surface area contributed by atoms with Crippen LogP contribution in [0.5, 0.6) is 0 Å². The summed E-state index contributed by atoms with van der Waals surface area (Å²) in [7, 11) is -3.13. The molecule has 1 atom stereocenters. The molecule has 1 fully saturated rings. The number of sulfonamides is 1. The van der Waals surface area contributed by atoms with E-state index >= 15 is 0 Å². The van der Waals surface area contributed by atoms with Crippen LogP contribution in [0.2, 0.25) is 0 Å². The fourth-order valence-corrected chi connectivity index (χ4v) is 3.78. The third-order valence-electron chi connectivity index (χ3n) is 4.26. The first kappa shape index (κ1) is 17.7. The Labute approximate surface area is 138 Å². The number of nitrogens with one attached hydrogen (secondary N) is 2. The minimum Gasteiger partial charge on any atom is -0.335 e. The highest BCUT2D eigenvalue weighted by Gasteiger charge is 2.26. The van der Waals surface area contributed by atoms with Crippen molar-refractivity contribution in [3.8, 4) is 0 Å². The van der Waals surface area contributed by atoms with Gasteiger partial charge in [0, 0.05) is 19.1 Å². The molecule has 7 heteroatoms. The standard InChI is InChI=1S/C16H25N3O3S/c1-12-6-4-5-7-15(12)13(2)17-16(20)18-14-8-10-19(11-9-14)23(3,21)22/h4-7,13-14H,8-11H2,1-3H3,(H2,17,18,20)/t13-/m0/s1. The van der Waals surface area contributed by atoms with E-state index in [0.717, 1.165) is 11.1 Å². The number of amides is 2. The quantitative estimate of drug-likeness (QED) is 0.878. The molecule has 23 heavy (non-hydrogen) atoms. The monoisotopic (exact) mass is 339 g/mol. The van der Waals surface area contributed by atoms with E-state index in [1.54, 1.807) is 0 Å². The molecule has 0 aliphatic carbocycles. The highest BCUT2D eigenvalue weighted by atomic mass is 32.2. The summed E-state index contributed by atoms with van der Waals surface area (Å²) in [6, 6.07) is 7.68. The SMILES string of the molecule is Cc1ccccc1[C@H](C)NC(=O)NC1CCN(S(C)(=O)=O)CC1. The normalized spacial score (nSPS) is 18.4. The molecule has 128 valence electrons. The van der Waals surface area contributed by atoms with Crippen LogP contribution < -0.4 is 10.6 Å². The first-order chi connectivity index (χ1) is 10.8. The van der Waals surface area contributed by atoms with Gasteiger partial charge in [-0.2, -0.15) is 0 Å². The van der Waals surface area contributed by atoms with Crippen LogP contribution in [0.15, 0.2) is 24.3 Å². The first-order valence-corrected chi connectivity index (χ1v) is 9.70. The second kappa shape index (κ2) is 7.31. The van der Waals surface area contributed by atoms with Gasteiger partial charge in [0.25, 0.3) is 0 Å². The third kappa shape index (κ3) is 4.94. The molecule has 1 heterocycles. The first-order valence-electron chi connectivity index (χ1n) is 7.85. The summed E-state index contributed by atoms with van der Waals surface area (Å²) in [5.74, 6) is 0. The second-order valence-corrected chi connectivity index (χ2v) is 8.11. The van der Waals surface area contributed by atoms with Crippen molar-refractivity contribution in [2.45, 2.75) is 38.8 Å². The summed E-state index contributed by atoms with van der Waals surface area (Å²) >= 11 is 0. The van der Waals surface area contributed by atoms with Gasteiger partial charge in [-0.1, -0.05) is 24.3 Å². The second-order valence-electron chi connectivity index (χ2n) is 6.13. The van der Waals surface area contributed by atoms with Gasteiger partial charge in [0.1, 0.15) is 0 Å². The molecule has 2 N–H and O–H groups in total. The summed E-state index contributed by atoms with van der Waals surface area (Å²) < 4.78 is 24.4. The maximum absolute atomic E-state index is 12.1. The fourth-order valence-electron chi connectivity index (χ4n) is 2.91. The van der Waals surface area contributed by atoms with Crippen LogP contribution in [0.4, 0.5) is 4.79 Å². The predicted octanol–water partition coefficient (Wildman–Crippen LogP) is 1.78. The molecule has 1 aliphatic rings. The molecule has 2 rings (SSSR count). The van der Waals surface area contributed by atoms with E-state index in [1.807, 2.05) is 38.1 Å². The number of aryl methyl sites for hydroxylation is 1. The Morgan fingerprint density at radius 2 is 1.87 bits per heavy atom. The smallest absolute Gasteiger partial charge is 0.315 e. The van der Waals surface area contributed by atoms with Gasteiger partial charge in [-0.05, 0) is 37.8 Å². The zero-order chi connectivity index (χ0) is 17.0. The Kier molecular flexibility index (Phi) is 5.64. The summed E-state index contributed by atoms with van der Waals surface area (Å²) in [6.07, 6.45) is 2.50. The van der Waals surface area contributed by atoms with Crippen molar-refractivity contribution in [3.63, 3.8) is 0 Å². The molecule has 0 saturated carbocycles. The van der Waals surface area contributed by atoms with Crippen molar-refractivity contribution in [1.29, 1.82) is 0 Å². The van der Waals surface area contributed by atoms with Gasteiger partial charge < -0.3 is 10.6 Å². The van der Waals surface area contributed by atoms with E-state index in [1.165, 1.54) is 10.6 Å². The number of carbonyl (C=O) groups excluding carboxylic acids is 1. The van der Waals surface area contributed by atoms with E-state index in [-0.39, 0.29) is 18.1 Å². The van der Waals surface area contributed by atoms with Crippen LogP contribution in [0, 0.1) is 6.92 Å². The zero-order valence-electron chi connectivity index (χ0n) is 13.9. The van der Waals surface area contributed by atoms with Gasteiger partial charge in [-0.25, -0.2) is 17.5 Å². The lowest BCUT2D eigenvalue weighted by Crippen LogP contribution is -2.49. The Balaban J connectivity index is 1.83. The minimum absolute atomic E-state index is 0.0112. The summed E-state index contributed by atoms with van der Waals surface area (Å²) in [4.78, 5) is 12.1. The molecule has 1 aromatic rings. The molecule has 0 radical (unpaired) electrons. The van der Waals surface area contributed by atoms with Crippen LogP contribution >= 0.6 is 0 Å². The molecule has 0 unspecified atom stereocenters. The van der Waals surface area contributed by atoms with Gasteiger partial charge in [-0.15, -0.1) is 0 Å². The molecular formula is C16H25N3O3S. The van der Waals surface area contributed by atoms with Gasteiger partial charge in [0.15, 0.2) is 0 Å². The molecule has 1 aliphatic heterocycles. The highest BCUT2D eigenvalue weighted by Crippen LogP contribution is 2.17. The number of hydrogen-bond acceptors (Lipinski definition) is 3. The average Bonchev–Trinajstić information content (AvgIpc) is 2.47. The predicted molar refractivity (Wildman–Crippen MR) is 90.7 cm³/mol. The van der Waals surface area contributed by atoms with E-state index in [9.17, 15) is 13.2 Å². The van der Waals surface area contributed by atoms with E-state index in [2.05, 4.69) is 10.6 Å². The Morgan fingerprint density at radius 1 is 1.26 bits per heavy atom. The summed E-state index contributed by atoms with van der Waals surface area (Å²) in [5, 5.41) is 5.88. The summed E-state index contributed by atoms with van der Waals surface area (Å²) in [6.45, 7) is 4.88. The molecule has 0 bridgehead atoms. The number of carbonyl (C=O) groups is 1. The molecule has 1 saturated heterocycles. The van der Waals surface area contributed by atoms with E-state index in [0.29, 0.717) is 25.9 Å². The molecule has 6 nitrogen and oxygen atoms in total. The van der Waals surface area contributed by atoms with Crippen molar-refractivity contribution < 1.29 is 13.2 Å². The van der Waals surface area contributed by atoms with Gasteiger partial charge >= 0.3 is 6.03 Å². The highest BCUT2D eigenvalue weighted by molar-refractivity contribution is 7.88. The molecule has 1 aromatic carbocycles. The van der Waals surface area contributed by atoms with Crippen LogP contribution in [0.1, 0.15) is 36.9 Å². The average molecular weight is 339 g/mol. The van der Waals surface area contributed by atoms with Crippen LogP contribution in [-0.2, 0) is 10.0 Å². The lowest BCUT2D eigenvalue weighted by molar-refractivity contribution is 0.225. The maximum atomic E-state index is 12.1. The molecule has 0 aromatic heterocycles. The molecular weight excluding hydrogens is 314 g/mol. The topological polar surface area (TPSA) is 78.5 Å². The van der Waals surface area contributed by atoms with Crippen molar-refractivity contribution in [1.82, 2.24) is 14.9 Å². The van der Waals surface area contributed by atoms with Crippen molar-refractivity contribution in [2.75, 3.05) is 19.3 Å². The molecule has 0 spiro atoms. The maximum Gasteiger partial charge on any atom is 0.315 e. The van der Waals surface area contributed by atoms with Gasteiger partial charge in [0.2, 0.25) is 10.0 Å². The Hall–Kier alpha value is -1.60. The lowest BCUT2D eigenvalue weighted by Gasteiger charge is -2.31. The number of rotatable bonds is 4. The van der Waals surface area contributed by atoms with Crippen LogP contribution in [-0.4, -0.2) is 44.1 Å². The van der Waals surface area contributed by atoms with Crippen LogP contribution in [0.25, 0.3) is 0 Å². The van der Waals surface area contributed by atoms with Crippen molar-refractivity contribution in [3.05, 3.63) is 35.4 Å².